The van der Waals surface area contributed by atoms with Crippen molar-refractivity contribution >= 4 is 21.6 Å². The van der Waals surface area contributed by atoms with Crippen molar-refractivity contribution in [1.29, 1.82) is 0 Å². The van der Waals surface area contributed by atoms with Crippen LogP contribution in [0, 0.1) is 0 Å². The first-order valence-corrected chi connectivity index (χ1v) is 9.19. The van der Waals surface area contributed by atoms with Crippen LogP contribution in [0.15, 0.2) is 53.4 Å². The molecule has 0 spiro atoms. The average Bonchev–Trinajstić information content (AvgIpc) is 2.54. The molecule has 0 bridgehead atoms. The molecule has 1 aliphatic rings. The SMILES string of the molecule is CN(CC1Cc2ccccc2CO1)S(=O)(=O)c1cccc(Cl)c1. The summed E-state index contributed by atoms with van der Waals surface area (Å²) in [6.45, 7) is 0.828. The van der Waals surface area contributed by atoms with E-state index in [1.165, 1.54) is 21.5 Å². The summed E-state index contributed by atoms with van der Waals surface area (Å²) in [4.78, 5) is 0.198. The minimum atomic E-state index is -3.57. The fourth-order valence-corrected chi connectivity index (χ4v) is 4.22. The third-order valence-electron chi connectivity index (χ3n) is 4.01. The van der Waals surface area contributed by atoms with E-state index in [0.717, 1.165) is 0 Å². The number of halogens is 1. The molecule has 1 unspecified atom stereocenters. The van der Waals surface area contributed by atoms with Gasteiger partial charge in [0.25, 0.3) is 0 Å². The fraction of sp³-hybridized carbons (Fsp3) is 0.294. The van der Waals surface area contributed by atoms with Gasteiger partial charge in [0.1, 0.15) is 0 Å². The number of rotatable bonds is 4. The van der Waals surface area contributed by atoms with Gasteiger partial charge in [0.15, 0.2) is 0 Å². The molecule has 1 atom stereocenters. The van der Waals surface area contributed by atoms with Crippen LogP contribution in [0.5, 0.6) is 0 Å². The largest absolute Gasteiger partial charge is 0.372 e. The lowest BCUT2D eigenvalue weighted by Crippen LogP contribution is -2.38. The van der Waals surface area contributed by atoms with E-state index in [1.807, 2.05) is 18.2 Å². The maximum Gasteiger partial charge on any atom is 0.242 e. The van der Waals surface area contributed by atoms with Crippen LogP contribution in [0.3, 0.4) is 0 Å². The molecule has 0 aliphatic carbocycles. The lowest BCUT2D eigenvalue weighted by Gasteiger charge is -2.28. The first-order chi connectivity index (χ1) is 11.0. The van der Waals surface area contributed by atoms with Gasteiger partial charge in [-0.15, -0.1) is 0 Å². The molecule has 122 valence electrons. The number of sulfonamides is 1. The smallest absolute Gasteiger partial charge is 0.242 e. The quantitative estimate of drug-likeness (QED) is 0.850. The monoisotopic (exact) mass is 351 g/mol. The normalized spacial score (nSPS) is 18.0. The van der Waals surface area contributed by atoms with Crippen LogP contribution >= 0.6 is 11.6 Å². The van der Waals surface area contributed by atoms with Crippen molar-refractivity contribution in [3.05, 3.63) is 64.7 Å². The fourth-order valence-electron chi connectivity index (χ4n) is 2.72. The molecule has 23 heavy (non-hydrogen) atoms. The molecule has 0 radical (unpaired) electrons. The number of nitrogens with zero attached hydrogens (tertiary/aromatic N) is 1. The first kappa shape index (κ1) is 16.5. The van der Waals surface area contributed by atoms with E-state index in [-0.39, 0.29) is 11.0 Å². The summed E-state index contributed by atoms with van der Waals surface area (Å²) >= 11 is 5.90. The van der Waals surface area contributed by atoms with Crippen LogP contribution in [0.4, 0.5) is 0 Å². The van der Waals surface area contributed by atoms with Gasteiger partial charge < -0.3 is 4.74 Å². The zero-order valence-electron chi connectivity index (χ0n) is 12.8. The van der Waals surface area contributed by atoms with Crippen molar-refractivity contribution in [1.82, 2.24) is 4.31 Å². The predicted octanol–water partition coefficient (Wildman–Crippen LogP) is 3.10. The van der Waals surface area contributed by atoms with Gasteiger partial charge >= 0.3 is 0 Å². The molecule has 2 aromatic rings. The Kier molecular flexibility index (Phi) is 4.73. The summed E-state index contributed by atoms with van der Waals surface area (Å²) in [7, 11) is -2.00. The predicted molar refractivity (Wildman–Crippen MR) is 90.0 cm³/mol. The van der Waals surface area contributed by atoms with Crippen molar-refractivity contribution in [2.24, 2.45) is 0 Å². The summed E-state index contributed by atoms with van der Waals surface area (Å²) in [6, 6.07) is 14.4. The summed E-state index contributed by atoms with van der Waals surface area (Å²) in [5.74, 6) is 0. The maximum absolute atomic E-state index is 12.6. The molecule has 3 rings (SSSR count). The lowest BCUT2D eigenvalue weighted by atomic mass is 9.99. The van der Waals surface area contributed by atoms with E-state index >= 15 is 0 Å². The molecule has 0 saturated heterocycles. The van der Waals surface area contributed by atoms with E-state index in [1.54, 1.807) is 25.2 Å². The Labute approximate surface area is 141 Å². The van der Waals surface area contributed by atoms with Crippen molar-refractivity contribution in [3.63, 3.8) is 0 Å². The highest BCUT2D eigenvalue weighted by atomic mass is 35.5. The van der Waals surface area contributed by atoms with Gasteiger partial charge in [-0.1, -0.05) is 41.9 Å². The molecule has 6 heteroatoms. The Morgan fingerprint density at radius 2 is 1.91 bits per heavy atom. The van der Waals surface area contributed by atoms with Crippen molar-refractivity contribution in [3.8, 4) is 0 Å². The molecular weight excluding hydrogens is 334 g/mol. The second-order valence-corrected chi connectivity index (χ2v) is 8.13. The number of hydrogen-bond donors (Lipinski definition) is 0. The average molecular weight is 352 g/mol. The van der Waals surface area contributed by atoms with E-state index in [0.29, 0.717) is 24.6 Å². The van der Waals surface area contributed by atoms with E-state index in [2.05, 4.69) is 6.07 Å². The minimum Gasteiger partial charge on any atom is -0.372 e. The third-order valence-corrected chi connectivity index (χ3v) is 6.06. The van der Waals surface area contributed by atoms with Crippen molar-refractivity contribution in [2.75, 3.05) is 13.6 Å². The Morgan fingerprint density at radius 1 is 1.17 bits per heavy atom. The molecule has 0 N–H and O–H groups in total. The second kappa shape index (κ2) is 6.61. The van der Waals surface area contributed by atoms with Crippen LogP contribution in [-0.2, 0) is 27.8 Å². The van der Waals surface area contributed by atoms with Gasteiger partial charge in [-0.2, -0.15) is 4.31 Å². The minimum absolute atomic E-state index is 0.149. The van der Waals surface area contributed by atoms with Crippen LogP contribution in [0.2, 0.25) is 5.02 Å². The zero-order valence-corrected chi connectivity index (χ0v) is 14.3. The highest BCUT2D eigenvalue weighted by Gasteiger charge is 2.26. The van der Waals surface area contributed by atoms with Gasteiger partial charge in [-0.05, 0) is 29.3 Å². The molecule has 2 aromatic carbocycles. The summed E-state index contributed by atoms with van der Waals surface area (Å²) in [5, 5.41) is 0.405. The van der Waals surface area contributed by atoms with Gasteiger partial charge in [-0.25, -0.2) is 8.42 Å². The van der Waals surface area contributed by atoms with Crippen LogP contribution < -0.4 is 0 Å². The first-order valence-electron chi connectivity index (χ1n) is 7.37. The van der Waals surface area contributed by atoms with E-state index in [9.17, 15) is 8.42 Å². The third kappa shape index (κ3) is 3.58. The number of benzene rings is 2. The molecular formula is C17H18ClNO3S. The van der Waals surface area contributed by atoms with E-state index in [4.69, 9.17) is 16.3 Å². The highest BCUT2D eigenvalue weighted by molar-refractivity contribution is 7.89. The van der Waals surface area contributed by atoms with Crippen LogP contribution in [0.1, 0.15) is 11.1 Å². The molecule has 0 saturated carbocycles. The lowest BCUT2D eigenvalue weighted by molar-refractivity contribution is 0.0202. The van der Waals surface area contributed by atoms with E-state index < -0.39 is 10.0 Å². The van der Waals surface area contributed by atoms with Crippen LogP contribution in [-0.4, -0.2) is 32.4 Å². The molecule has 1 heterocycles. The highest BCUT2D eigenvalue weighted by Crippen LogP contribution is 2.23. The Balaban J connectivity index is 1.73. The van der Waals surface area contributed by atoms with Crippen molar-refractivity contribution < 1.29 is 13.2 Å². The molecule has 4 nitrogen and oxygen atoms in total. The molecule has 0 amide bonds. The number of fused-ring (bicyclic) bond motifs is 1. The Hall–Kier alpha value is -1.40. The van der Waals surface area contributed by atoms with Gasteiger partial charge in [0.2, 0.25) is 10.0 Å². The Morgan fingerprint density at radius 3 is 2.65 bits per heavy atom. The van der Waals surface area contributed by atoms with Gasteiger partial charge in [0.05, 0.1) is 17.6 Å². The topological polar surface area (TPSA) is 46.6 Å². The van der Waals surface area contributed by atoms with Gasteiger partial charge in [0, 0.05) is 25.0 Å². The van der Waals surface area contributed by atoms with Crippen LogP contribution in [0.25, 0.3) is 0 Å². The Bertz CT molecular complexity index is 807. The molecule has 0 fully saturated rings. The van der Waals surface area contributed by atoms with Gasteiger partial charge in [-0.3, -0.25) is 0 Å². The van der Waals surface area contributed by atoms with Crippen molar-refractivity contribution in [2.45, 2.75) is 24.0 Å². The number of ether oxygens (including phenoxy) is 1. The summed E-state index contributed by atoms with van der Waals surface area (Å²) in [5.41, 5.74) is 2.39. The zero-order chi connectivity index (χ0) is 16.4. The molecule has 0 aromatic heterocycles. The maximum atomic E-state index is 12.6. The number of likely N-dealkylation sites (N-methyl/N-ethyl adjacent to an activating group) is 1. The second-order valence-electron chi connectivity index (χ2n) is 5.65. The number of hydrogen-bond acceptors (Lipinski definition) is 3. The molecule has 1 aliphatic heterocycles. The standard InChI is InChI=1S/C17H18ClNO3S/c1-19(23(20,21)17-8-4-7-15(18)10-17)11-16-9-13-5-2-3-6-14(13)12-22-16/h2-8,10,16H,9,11-12H2,1H3. The summed E-state index contributed by atoms with van der Waals surface area (Å²) in [6.07, 6.45) is 0.565. The summed E-state index contributed by atoms with van der Waals surface area (Å²) < 4.78 is 32.4.